The number of hydrogen-bond acceptors (Lipinski definition) is 2. The smallest absolute Gasteiger partial charge is 0.0468 e. The molecule has 0 bridgehead atoms. The maximum absolute atomic E-state index is 2.44. The Labute approximate surface area is 383 Å². The molecule has 312 valence electrons. The predicted molar refractivity (Wildman–Crippen MR) is 275 cm³/mol. The van der Waals surface area contributed by atoms with Crippen LogP contribution in [0.2, 0.25) is 0 Å². The van der Waals surface area contributed by atoms with Crippen molar-refractivity contribution in [1.29, 1.82) is 0 Å². The van der Waals surface area contributed by atoms with Crippen LogP contribution in [0.3, 0.4) is 0 Å². The van der Waals surface area contributed by atoms with Crippen molar-refractivity contribution in [3.63, 3.8) is 0 Å². The average molecular weight is 835 g/mol. The number of allylic oxidation sites excluding steroid dienone is 4. The number of anilines is 5. The van der Waals surface area contributed by atoms with Crippen LogP contribution in [-0.4, -0.2) is 0 Å². The van der Waals surface area contributed by atoms with E-state index in [9.17, 15) is 0 Å². The van der Waals surface area contributed by atoms with Gasteiger partial charge in [-0.2, -0.15) is 0 Å². The maximum Gasteiger partial charge on any atom is 0.0468 e. The highest BCUT2D eigenvalue weighted by Crippen LogP contribution is 2.51. The number of para-hydroxylation sites is 1. The predicted octanol–water partition coefficient (Wildman–Crippen LogP) is 17.4. The van der Waals surface area contributed by atoms with E-state index in [0.717, 1.165) is 41.3 Å². The molecule has 2 heteroatoms. The van der Waals surface area contributed by atoms with Crippen LogP contribution in [-0.2, 0) is 5.41 Å². The lowest BCUT2D eigenvalue weighted by Gasteiger charge is -2.31. The molecule has 11 rings (SSSR count). The minimum Gasteiger partial charge on any atom is -0.314 e. The third-order valence-corrected chi connectivity index (χ3v) is 13.4. The molecule has 0 fully saturated rings. The van der Waals surface area contributed by atoms with E-state index in [1.54, 1.807) is 0 Å². The fourth-order valence-corrected chi connectivity index (χ4v) is 10.0. The molecule has 2 aliphatic carbocycles. The lowest BCUT2D eigenvalue weighted by molar-refractivity contribution is 0.660. The molecule has 9 aromatic carbocycles. The summed E-state index contributed by atoms with van der Waals surface area (Å²) in [5, 5.41) is 0. The lowest BCUT2D eigenvalue weighted by Crippen LogP contribution is -2.18. The average Bonchev–Trinajstić information content (AvgIpc) is 3.61. The molecule has 0 radical (unpaired) electrons. The van der Waals surface area contributed by atoms with Gasteiger partial charge in [0.25, 0.3) is 0 Å². The van der Waals surface area contributed by atoms with Crippen LogP contribution in [0, 0.1) is 0 Å². The molecule has 0 unspecified atom stereocenters. The Morgan fingerprint density at radius 2 is 0.754 bits per heavy atom. The Hall–Kier alpha value is -7.94. The number of hydrogen-bond donors (Lipinski definition) is 0. The molecule has 2 aliphatic rings. The molecule has 0 heterocycles. The number of benzene rings is 9. The Bertz CT molecular complexity index is 3180. The van der Waals surface area contributed by atoms with Gasteiger partial charge in [-0.1, -0.05) is 190 Å². The summed E-state index contributed by atoms with van der Waals surface area (Å²) in [5.41, 5.74) is 22.1. The second-order valence-corrected chi connectivity index (χ2v) is 17.7. The minimum atomic E-state index is -0.120. The van der Waals surface area contributed by atoms with E-state index in [2.05, 4.69) is 266 Å². The second kappa shape index (κ2) is 17.0. The van der Waals surface area contributed by atoms with Crippen molar-refractivity contribution >= 4 is 34.0 Å². The van der Waals surface area contributed by atoms with Gasteiger partial charge in [-0.25, -0.2) is 0 Å². The molecule has 0 N–H and O–H groups in total. The fourth-order valence-electron chi connectivity index (χ4n) is 10.0. The summed E-state index contributed by atoms with van der Waals surface area (Å²) in [4.78, 5) is 4.86. The topological polar surface area (TPSA) is 6.48 Å². The monoisotopic (exact) mass is 834 g/mol. The molecule has 0 amide bonds. The molecule has 0 atom stereocenters. The van der Waals surface area contributed by atoms with E-state index < -0.39 is 0 Å². The largest absolute Gasteiger partial charge is 0.314 e. The van der Waals surface area contributed by atoms with Crippen LogP contribution in [0.25, 0.3) is 50.1 Å². The zero-order valence-electron chi connectivity index (χ0n) is 36.9. The number of nitrogens with zero attached hydrogens (tertiary/aromatic N) is 2. The Kier molecular flexibility index (Phi) is 10.4. The van der Waals surface area contributed by atoms with Crippen LogP contribution in [0.15, 0.2) is 248 Å². The first kappa shape index (κ1) is 39.9. The lowest BCUT2D eigenvalue weighted by atomic mass is 9.82. The highest BCUT2D eigenvalue weighted by molar-refractivity contribution is 5.90. The van der Waals surface area contributed by atoms with Gasteiger partial charge in [0.05, 0.1) is 0 Å². The quantitative estimate of drug-likeness (QED) is 0.135. The van der Waals surface area contributed by atoms with Crippen molar-refractivity contribution in [2.45, 2.75) is 32.1 Å². The van der Waals surface area contributed by atoms with Crippen LogP contribution >= 0.6 is 0 Å². The van der Waals surface area contributed by atoms with Crippen molar-refractivity contribution in [3.8, 4) is 44.5 Å². The van der Waals surface area contributed by atoms with Gasteiger partial charge in [0.15, 0.2) is 0 Å². The maximum atomic E-state index is 2.44. The first-order chi connectivity index (χ1) is 32.0. The van der Waals surface area contributed by atoms with Gasteiger partial charge in [0, 0.05) is 39.5 Å². The zero-order valence-corrected chi connectivity index (χ0v) is 36.9. The van der Waals surface area contributed by atoms with Crippen LogP contribution in [0.5, 0.6) is 0 Å². The first-order valence-corrected chi connectivity index (χ1v) is 22.8. The van der Waals surface area contributed by atoms with Gasteiger partial charge in [0.2, 0.25) is 0 Å². The number of fused-ring (bicyclic) bond motifs is 3. The summed E-state index contributed by atoms with van der Waals surface area (Å²) in [6, 6.07) is 84.0. The standard InChI is InChI=1S/C63H50N2/c1-63(2)61-26-16-15-25-58(61)59-42-40-56(44-62(59)63)65(54-35-29-48(30-36-54)46-19-9-4-10-20-46)55-39-41-57(60(43-55)49-21-11-5-12-22-49)50-31-37-53(38-32-50)64(51-23-13-6-14-24-51)52-33-27-47(28-34-52)45-17-7-3-8-18-45/h3-31,33-37,39-44H,32,38H2,1-2H3. The van der Waals surface area contributed by atoms with E-state index >= 15 is 0 Å². The molecule has 0 aromatic heterocycles. The van der Waals surface area contributed by atoms with Crippen LogP contribution in [0.4, 0.5) is 28.4 Å². The summed E-state index contributed by atoms with van der Waals surface area (Å²) >= 11 is 0. The van der Waals surface area contributed by atoms with Crippen molar-refractivity contribution < 1.29 is 0 Å². The molecular formula is C63H50N2. The molecule has 9 aromatic rings. The van der Waals surface area contributed by atoms with E-state index in [4.69, 9.17) is 0 Å². The third-order valence-electron chi connectivity index (χ3n) is 13.4. The molecule has 65 heavy (non-hydrogen) atoms. The summed E-state index contributed by atoms with van der Waals surface area (Å²) in [6.07, 6.45) is 6.52. The first-order valence-electron chi connectivity index (χ1n) is 22.8. The van der Waals surface area contributed by atoms with Crippen LogP contribution in [0.1, 0.15) is 43.4 Å². The van der Waals surface area contributed by atoms with Gasteiger partial charge in [-0.15, -0.1) is 0 Å². The SMILES string of the molecule is CC1(C)c2ccccc2-c2ccc(N(c3ccc(-c4ccccc4)cc3)c3ccc(C4=CC=C(N(c5ccccc5)c5ccc(-c6ccccc6)cc5)CC4)c(-c4ccccc4)c3)cc21. The third kappa shape index (κ3) is 7.58. The summed E-state index contributed by atoms with van der Waals surface area (Å²) in [7, 11) is 0. The molecular weight excluding hydrogens is 785 g/mol. The number of rotatable bonds is 10. The zero-order chi connectivity index (χ0) is 43.7. The van der Waals surface area contributed by atoms with Crippen molar-refractivity contribution in [3.05, 3.63) is 265 Å². The molecule has 0 saturated heterocycles. The molecule has 0 spiro atoms. The van der Waals surface area contributed by atoms with Crippen molar-refractivity contribution in [2.24, 2.45) is 0 Å². The van der Waals surface area contributed by atoms with E-state index in [1.165, 1.54) is 72.5 Å². The van der Waals surface area contributed by atoms with Crippen molar-refractivity contribution in [1.82, 2.24) is 0 Å². The summed E-state index contributed by atoms with van der Waals surface area (Å²) in [5.74, 6) is 0. The normalized spacial score (nSPS) is 13.6. The molecule has 0 saturated carbocycles. The van der Waals surface area contributed by atoms with Crippen LogP contribution < -0.4 is 9.80 Å². The van der Waals surface area contributed by atoms with Gasteiger partial charge in [0.1, 0.15) is 0 Å². The van der Waals surface area contributed by atoms with Gasteiger partial charge in [-0.05, 0) is 146 Å². The molecule has 2 nitrogen and oxygen atoms in total. The highest BCUT2D eigenvalue weighted by Gasteiger charge is 2.36. The minimum absolute atomic E-state index is 0.120. The summed E-state index contributed by atoms with van der Waals surface area (Å²) in [6.45, 7) is 4.72. The summed E-state index contributed by atoms with van der Waals surface area (Å²) < 4.78 is 0. The Morgan fingerprint density at radius 1 is 0.308 bits per heavy atom. The Balaban J connectivity index is 1.00. The van der Waals surface area contributed by atoms with Gasteiger partial charge >= 0.3 is 0 Å². The second-order valence-electron chi connectivity index (χ2n) is 17.7. The van der Waals surface area contributed by atoms with E-state index in [-0.39, 0.29) is 5.41 Å². The fraction of sp³-hybridized carbons (Fsp3) is 0.0794. The highest BCUT2D eigenvalue weighted by atomic mass is 15.2. The van der Waals surface area contributed by atoms with E-state index in [0.29, 0.717) is 0 Å². The molecule has 0 aliphatic heterocycles. The van der Waals surface area contributed by atoms with E-state index in [1.807, 2.05) is 0 Å². The van der Waals surface area contributed by atoms with Gasteiger partial charge in [-0.3, -0.25) is 0 Å². The van der Waals surface area contributed by atoms with Gasteiger partial charge < -0.3 is 9.80 Å². The van der Waals surface area contributed by atoms with Crippen molar-refractivity contribution in [2.75, 3.05) is 9.80 Å². The Morgan fingerprint density at radius 3 is 1.34 bits per heavy atom.